The van der Waals surface area contributed by atoms with E-state index in [-0.39, 0.29) is 11.7 Å². The summed E-state index contributed by atoms with van der Waals surface area (Å²) in [4.78, 5) is 28.9. The molecule has 0 saturated carbocycles. The number of rotatable bonds is 4. The lowest BCUT2D eigenvalue weighted by Crippen LogP contribution is -2.63. The number of nitrogens with zero attached hydrogens (tertiary/aromatic N) is 2. The van der Waals surface area contributed by atoms with Crippen molar-refractivity contribution in [2.24, 2.45) is 0 Å². The standard InChI is InChI=1S/C24H28N2O2/c1-17-6-3-4-13-26(17)23-15-25(16-23)24(28)20-11-9-19(10-12-20)22-8-5-7-21(14-22)18(2)27/h5,7-12,14,17,23H,3-4,6,13,15-16H2,1-2H3/t17-/m0/s1. The number of likely N-dealkylation sites (tertiary alicyclic amines) is 2. The number of hydrogen-bond donors (Lipinski definition) is 0. The maximum Gasteiger partial charge on any atom is 0.253 e. The van der Waals surface area contributed by atoms with Crippen LogP contribution in [0.25, 0.3) is 11.1 Å². The summed E-state index contributed by atoms with van der Waals surface area (Å²) in [6.45, 7) is 6.73. The molecule has 146 valence electrons. The summed E-state index contributed by atoms with van der Waals surface area (Å²) >= 11 is 0. The molecule has 0 radical (unpaired) electrons. The molecule has 0 aromatic heterocycles. The lowest BCUT2D eigenvalue weighted by Gasteiger charge is -2.49. The highest BCUT2D eigenvalue weighted by atomic mass is 16.2. The lowest BCUT2D eigenvalue weighted by atomic mass is 9.96. The molecule has 4 heteroatoms. The van der Waals surface area contributed by atoms with E-state index in [4.69, 9.17) is 0 Å². The summed E-state index contributed by atoms with van der Waals surface area (Å²) in [6, 6.07) is 16.5. The van der Waals surface area contributed by atoms with Crippen molar-refractivity contribution < 1.29 is 9.59 Å². The van der Waals surface area contributed by atoms with Gasteiger partial charge in [-0.1, -0.05) is 36.8 Å². The Bertz CT molecular complexity index is 868. The van der Waals surface area contributed by atoms with Crippen LogP contribution in [0.15, 0.2) is 48.5 Å². The zero-order valence-corrected chi connectivity index (χ0v) is 16.7. The number of ketones is 1. The first kappa shape index (κ1) is 18.9. The number of piperidine rings is 1. The lowest BCUT2D eigenvalue weighted by molar-refractivity contribution is 0.00213. The smallest absolute Gasteiger partial charge is 0.253 e. The van der Waals surface area contributed by atoms with Crippen LogP contribution in [0.2, 0.25) is 0 Å². The SMILES string of the molecule is CC(=O)c1cccc(-c2ccc(C(=O)N3CC(N4CCCC[C@@H]4C)C3)cc2)c1. The van der Waals surface area contributed by atoms with Gasteiger partial charge in [0.2, 0.25) is 0 Å². The van der Waals surface area contributed by atoms with Gasteiger partial charge in [-0.2, -0.15) is 0 Å². The van der Waals surface area contributed by atoms with E-state index in [0.717, 1.165) is 29.8 Å². The quantitative estimate of drug-likeness (QED) is 0.749. The van der Waals surface area contributed by atoms with Crippen molar-refractivity contribution in [2.75, 3.05) is 19.6 Å². The van der Waals surface area contributed by atoms with Gasteiger partial charge in [0.25, 0.3) is 5.91 Å². The van der Waals surface area contributed by atoms with Crippen LogP contribution in [0, 0.1) is 0 Å². The van der Waals surface area contributed by atoms with Crippen LogP contribution in [0.4, 0.5) is 0 Å². The van der Waals surface area contributed by atoms with Crippen molar-refractivity contribution in [1.82, 2.24) is 9.80 Å². The second-order valence-corrected chi connectivity index (χ2v) is 8.16. The van der Waals surface area contributed by atoms with Gasteiger partial charge in [0, 0.05) is 36.3 Å². The molecule has 2 aromatic carbocycles. The van der Waals surface area contributed by atoms with Gasteiger partial charge >= 0.3 is 0 Å². The first-order valence-corrected chi connectivity index (χ1v) is 10.3. The molecule has 2 fully saturated rings. The van der Waals surface area contributed by atoms with E-state index in [9.17, 15) is 9.59 Å². The molecule has 1 amide bonds. The van der Waals surface area contributed by atoms with Crippen LogP contribution in [0.5, 0.6) is 0 Å². The number of Topliss-reactive ketones (excluding diaryl/α,β-unsaturated/α-hetero) is 1. The highest BCUT2D eigenvalue weighted by Crippen LogP contribution is 2.26. The second kappa shape index (κ2) is 7.88. The average molecular weight is 377 g/mol. The topological polar surface area (TPSA) is 40.6 Å². The van der Waals surface area contributed by atoms with Crippen molar-refractivity contribution in [3.63, 3.8) is 0 Å². The summed E-state index contributed by atoms with van der Waals surface area (Å²) < 4.78 is 0. The Morgan fingerprint density at radius 1 is 0.929 bits per heavy atom. The molecule has 0 bridgehead atoms. The van der Waals surface area contributed by atoms with Crippen LogP contribution in [-0.2, 0) is 0 Å². The summed E-state index contributed by atoms with van der Waals surface area (Å²) in [6.07, 6.45) is 3.88. The van der Waals surface area contributed by atoms with Gasteiger partial charge in [-0.3, -0.25) is 14.5 Å². The zero-order chi connectivity index (χ0) is 19.7. The first-order valence-electron chi connectivity index (χ1n) is 10.3. The van der Waals surface area contributed by atoms with Gasteiger partial charge in [0.05, 0.1) is 0 Å². The fourth-order valence-corrected chi connectivity index (χ4v) is 4.40. The van der Waals surface area contributed by atoms with Gasteiger partial charge < -0.3 is 4.90 Å². The van der Waals surface area contributed by atoms with Gasteiger partial charge in [0.1, 0.15) is 0 Å². The van der Waals surface area contributed by atoms with E-state index in [1.165, 1.54) is 25.8 Å². The number of carbonyl (C=O) groups is 2. The van der Waals surface area contributed by atoms with Crippen molar-refractivity contribution in [3.05, 3.63) is 59.7 Å². The molecular formula is C24H28N2O2. The first-order chi connectivity index (χ1) is 13.5. The van der Waals surface area contributed by atoms with E-state index < -0.39 is 0 Å². The fourth-order valence-electron chi connectivity index (χ4n) is 4.40. The third kappa shape index (κ3) is 3.74. The molecule has 2 aliphatic heterocycles. The Labute approximate surface area is 167 Å². The number of hydrogen-bond acceptors (Lipinski definition) is 3. The van der Waals surface area contributed by atoms with Crippen molar-refractivity contribution in [3.8, 4) is 11.1 Å². The van der Waals surface area contributed by atoms with Crippen LogP contribution in [-0.4, -0.2) is 53.2 Å². The maximum absolute atomic E-state index is 12.8. The van der Waals surface area contributed by atoms with E-state index in [0.29, 0.717) is 17.6 Å². The van der Waals surface area contributed by atoms with Crippen LogP contribution >= 0.6 is 0 Å². The van der Waals surface area contributed by atoms with Gasteiger partial charge in [-0.25, -0.2) is 0 Å². The van der Waals surface area contributed by atoms with E-state index in [2.05, 4.69) is 11.8 Å². The number of carbonyl (C=O) groups excluding carboxylic acids is 2. The molecule has 2 aliphatic rings. The molecule has 2 aromatic rings. The molecule has 0 aliphatic carbocycles. The minimum Gasteiger partial charge on any atom is -0.335 e. The Balaban J connectivity index is 1.40. The normalized spacial score (nSPS) is 20.6. The Hall–Kier alpha value is -2.46. The van der Waals surface area contributed by atoms with Gasteiger partial charge in [0.15, 0.2) is 5.78 Å². The highest BCUT2D eigenvalue weighted by Gasteiger charge is 2.37. The summed E-state index contributed by atoms with van der Waals surface area (Å²) in [5, 5.41) is 0. The van der Waals surface area contributed by atoms with E-state index in [1.54, 1.807) is 6.92 Å². The van der Waals surface area contributed by atoms with Crippen LogP contribution < -0.4 is 0 Å². The minimum atomic E-state index is 0.0593. The molecule has 1 atom stereocenters. The molecule has 4 nitrogen and oxygen atoms in total. The average Bonchev–Trinajstić information content (AvgIpc) is 2.68. The number of benzene rings is 2. The Morgan fingerprint density at radius 2 is 1.68 bits per heavy atom. The fraction of sp³-hybridized carbons (Fsp3) is 0.417. The predicted molar refractivity (Wildman–Crippen MR) is 112 cm³/mol. The number of amides is 1. The molecule has 0 N–H and O–H groups in total. The summed E-state index contributed by atoms with van der Waals surface area (Å²) in [5.74, 6) is 0.175. The maximum atomic E-state index is 12.8. The molecule has 4 rings (SSSR count). The van der Waals surface area contributed by atoms with Crippen molar-refractivity contribution >= 4 is 11.7 Å². The third-order valence-corrected chi connectivity index (χ3v) is 6.21. The molecule has 0 unspecified atom stereocenters. The third-order valence-electron chi connectivity index (χ3n) is 6.21. The molecular weight excluding hydrogens is 348 g/mol. The molecule has 28 heavy (non-hydrogen) atoms. The molecule has 2 heterocycles. The van der Waals surface area contributed by atoms with E-state index >= 15 is 0 Å². The Kier molecular flexibility index (Phi) is 5.31. The second-order valence-electron chi connectivity index (χ2n) is 8.16. The van der Waals surface area contributed by atoms with Crippen LogP contribution in [0.3, 0.4) is 0 Å². The minimum absolute atomic E-state index is 0.0593. The zero-order valence-electron chi connectivity index (χ0n) is 16.7. The van der Waals surface area contributed by atoms with E-state index in [1.807, 2.05) is 53.4 Å². The van der Waals surface area contributed by atoms with Crippen LogP contribution in [0.1, 0.15) is 53.8 Å². The molecule has 2 saturated heterocycles. The van der Waals surface area contributed by atoms with Crippen molar-refractivity contribution in [1.29, 1.82) is 0 Å². The monoisotopic (exact) mass is 376 g/mol. The molecule has 0 spiro atoms. The van der Waals surface area contributed by atoms with Gasteiger partial charge in [-0.05, 0) is 62.6 Å². The predicted octanol–water partition coefficient (Wildman–Crippen LogP) is 4.26. The largest absolute Gasteiger partial charge is 0.335 e. The highest BCUT2D eigenvalue weighted by molar-refractivity contribution is 5.96. The Morgan fingerprint density at radius 3 is 2.36 bits per heavy atom. The summed E-state index contributed by atoms with van der Waals surface area (Å²) in [5.41, 5.74) is 3.45. The summed E-state index contributed by atoms with van der Waals surface area (Å²) in [7, 11) is 0. The van der Waals surface area contributed by atoms with Gasteiger partial charge in [-0.15, -0.1) is 0 Å². The van der Waals surface area contributed by atoms with Crippen molar-refractivity contribution in [2.45, 2.75) is 45.2 Å².